The first kappa shape index (κ1) is 23.4. The molecule has 1 spiro atoms. The van der Waals surface area contributed by atoms with E-state index >= 15 is 0 Å². The molecule has 0 aromatic rings. The molecule has 2 bridgehead atoms. The third kappa shape index (κ3) is 2.89. The molecular weight excluding hydrogens is 384 g/mol. The van der Waals surface area contributed by atoms with Crippen LogP contribution in [-0.4, -0.2) is 63.3 Å². The van der Waals surface area contributed by atoms with Crippen LogP contribution in [0.25, 0.3) is 0 Å². The lowest BCUT2D eigenvalue weighted by Crippen LogP contribution is -2.76. The molecular formula is C23H42O5Si. The highest BCUT2D eigenvalue weighted by molar-refractivity contribution is 6.74. The normalized spacial score (nSPS) is 46.6. The summed E-state index contributed by atoms with van der Waals surface area (Å²) in [5.74, 6) is 0.0752. The predicted octanol–water partition coefficient (Wildman–Crippen LogP) is 4.16. The zero-order valence-corrected chi connectivity index (χ0v) is 21.2. The van der Waals surface area contributed by atoms with E-state index in [0.29, 0.717) is 0 Å². The maximum absolute atomic E-state index is 11.3. The van der Waals surface area contributed by atoms with E-state index < -0.39 is 31.0 Å². The molecule has 168 valence electrons. The summed E-state index contributed by atoms with van der Waals surface area (Å²) in [6.07, 6.45) is 2.55. The highest BCUT2D eigenvalue weighted by Crippen LogP contribution is 2.67. The average molecular weight is 427 g/mol. The second-order valence-electron chi connectivity index (χ2n) is 11.6. The Bertz CT molecular complexity index is 669. The zero-order valence-electron chi connectivity index (χ0n) is 20.2. The SMILES string of the molecule is CO[C@H]1[C@H]2[C@H](O[Si](C)(C)C(C)(C)C)[C@@]3(OC2(C)C)[C@@H](C)C=C[C@@H](O)[C@]3(C)[C@H]1OC. The topological polar surface area (TPSA) is 57.2 Å². The van der Waals surface area contributed by atoms with E-state index in [1.54, 1.807) is 14.2 Å². The number of fused-ring (bicyclic) bond motifs is 1. The molecule has 0 amide bonds. The van der Waals surface area contributed by atoms with Crippen molar-refractivity contribution >= 4 is 8.32 Å². The Balaban J connectivity index is 2.27. The molecule has 6 heteroatoms. The third-order valence-corrected chi connectivity index (χ3v) is 13.2. The van der Waals surface area contributed by atoms with Crippen molar-refractivity contribution in [2.24, 2.45) is 17.3 Å². The average Bonchev–Trinajstić information content (AvgIpc) is 2.77. The molecule has 0 radical (unpaired) electrons. The molecule has 5 nitrogen and oxygen atoms in total. The van der Waals surface area contributed by atoms with Gasteiger partial charge < -0.3 is 23.7 Å². The van der Waals surface area contributed by atoms with Gasteiger partial charge in [0.15, 0.2) is 8.32 Å². The molecule has 1 heterocycles. The summed E-state index contributed by atoms with van der Waals surface area (Å²) >= 11 is 0. The monoisotopic (exact) mass is 426 g/mol. The van der Waals surface area contributed by atoms with E-state index in [1.807, 2.05) is 6.08 Å². The Morgan fingerprint density at radius 1 is 1.00 bits per heavy atom. The van der Waals surface area contributed by atoms with E-state index in [-0.39, 0.29) is 35.2 Å². The second-order valence-corrected chi connectivity index (χ2v) is 16.3. The van der Waals surface area contributed by atoms with Crippen LogP contribution in [0.4, 0.5) is 0 Å². The highest BCUT2D eigenvalue weighted by Gasteiger charge is 2.79. The number of aliphatic hydroxyl groups excluding tert-OH is 1. The van der Waals surface area contributed by atoms with Gasteiger partial charge in [0.25, 0.3) is 0 Å². The van der Waals surface area contributed by atoms with Crippen LogP contribution < -0.4 is 0 Å². The Morgan fingerprint density at radius 3 is 2.07 bits per heavy atom. The molecule has 1 saturated carbocycles. The van der Waals surface area contributed by atoms with Crippen LogP contribution in [0.3, 0.4) is 0 Å². The highest BCUT2D eigenvalue weighted by atomic mass is 28.4. The zero-order chi connectivity index (χ0) is 22.2. The molecule has 1 N–H and O–H groups in total. The summed E-state index contributed by atoms with van der Waals surface area (Å²) < 4.78 is 26.3. The van der Waals surface area contributed by atoms with Crippen LogP contribution in [0, 0.1) is 17.3 Å². The molecule has 0 aromatic heterocycles. The minimum Gasteiger partial charge on any atom is -0.410 e. The standard InChI is InChI=1S/C23H42O5Si/c1-14-12-13-15(24)22(7)19(26-9)17(25-8)16-18(23(14,22)28-21(16,5)6)27-29(10,11)20(2,3)4/h12-19,24H,1-11H3/t14-,15+,16-,17-,18-,19-,22+,23-/m0/s1. The molecule has 1 saturated heterocycles. The summed E-state index contributed by atoms with van der Waals surface area (Å²) in [6, 6.07) is 0. The van der Waals surface area contributed by atoms with Gasteiger partial charge in [-0.1, -0.05) is 46.8 Å². The Hall–Kier alpha value is -0.243. The van der Waals surface area contributed by atoms with Crippen molar-refractivity contribution in [3.05, 3.63) is 12.2 Å². The van der Waals surface area contributed by atoms with Gasteiger partial charge in [-0.2, -0.15) is 0 Å². The maximum atomic E-state index is 11.3. The lowest BCUT2D eigenvalue weighted by Gasteiger charge is -2.63. The van der Waals surface area contributed by atoms with E-state index in [1.165, 1.54) is 0 Å². The fraction of sp³-hybridized carbons (Fsp3) is 0.913. The molecule has 2 aliphatic carbocycles. The van der Waals surface area contributed by atoms with Gasteiger partial charge in [0.05, 0.1) is 35.4 Å². The van der Waals surface area contributed by atoms with E-state index in [2.05, 4.69) is 67.6 Å². The Kier molecular flexibility index (Phi) is 5.55. The summed E-state index contributed by atoms with van der Waals surface area (Å²) in [5.41, 5.74) is -1.87. The number of rotatable bonds is 4. The van der Waals surface area contributed by atoms with Crippen LogP contribution in [0.2, 0.25) is 18.1 Å². The number of methoxy groups -OCH3 is 2. The van der Waals surface area contributed by atoms with E-state index in [9.17, 15) is 5.11 Å². The fourth-order valence-corrected chi connectivity index (χ4v) is 7.40. The van der Waals surface area contributed by atoms with Crippen molar-refractivity contribution in [3.8, 4) is 0 Å². The number of hydrogen-bond acceptors (Lipinski definition) is 5. The third-order valence-electron chi connectivity index (χ3n) is 8.70. The van der Waals surface area contributed by atoms with Gasteiger partial charge in [0.2, 0.25) is 0 Å². The van der Waals surface area contributed by atoms with Crippen LogP contribution in [0.15, 0.2) is 12.2 Å². The van der Waals surface area contributed by atoms with E-state index in [0.717, 1.165) is 0 Å². The van der Waals surface area contributed by atoms with Crippen molar-refractivity contribution in [3.63, 3.8) is 0 Å². The van der Waals surface area contributed by atoms with Gasteiger partial charge in [-0.3, -0.25) is 0 Å². The van der Waals surface area contributed by atoms with Crippen LogP contribution >= 0.6 is 0 Å². The lowest BCUT2D eigenvalue weighted by molar-refractivity contribution is -0.275. The van der Waals surface area contributed by atoms with Crippen molar-refractivity contribution in [1.29, 1.82) is 0 Å². The van der Waals surface area contributed by atoms with Crippen molar-refractivity contribution in [2.45, 2.75) is 102 Å². The maximum Gasteiger partial charge on any atom is 0.192 e. The molecule has 1 aliphatic heterocycles. The van der Waals surface area contributed by atoms with Crippen LogP contribution in [-0.2, 0) is 18.6 Å². The smallest absolute Gasteiger partial charge is 0.192 e. The van der Waals surface area contributed by atoms with Gasteiger partial charge in [0, 0.05) is 26.1 Å². The quantitative estimate of drug-likeness (QED) is 0.540. The minimum absolute atomic E-state index is 0.000741. The Morgan fingerprint density at radius 2 is 1.59 bits per heavy atom. The Labute approximate surface area is 178 Å². The summed E-state index contributed by atoms with van der Waals surface area (Å²) in [6.45, 7) is 19.9. The molecule has 2 fully saturated rings. The van der Waals surface area contributed by atoms with Gasteiger partial charge in [-0.05, 0) is 32.0 Å². The molecule has 8 atom stereocenters. The number of ether oxygens (including phenoxy) is 3. The van der Waals surface area contributed by atoms with Gasteiger partial charge in [0.1, 0.15) is 5.60 Å². The van der Waals surface area contributed by atoms with Crippen LogP contribution in [0.1, 0.15) is 48.5 Å². The largest absolute Gasteiger partial charge is 0.410 e. The summed E-state index contributed by atoms with van der Waals surface area (Å²) in [5, 5.41) is 11.4. The molecule has 0 unspecified atom stereocenters. The first-order chi connectivity index (χ1) is 13.1. The summed E-state index contributed by atoms with van der Waals surface area (Å²) in [7, 11) is 1.33. The molecule has 3 aliphatic rings. The van der Waals surface area contributed by atoms with Crippen molar-refractivity contribution < 1.29 is 23.7 Å². The molecule has 29 heavy (non-hydrogen) atoms. The first-order valence-electron chi connectivity index (χ1n) is 10.9. The minimum atomic E-state index is -2.12. The van der Waals surface area contributed by atoms with Gasteiger partial charge in [-0.25, -0.2) is 0 Å². The van der Waals surface area contributed by atoms with Gasteiger partial charge >= 0.3 is 0 Å². The number of aliphatic hydroxyl groups is 1. The predicted molar refractivity (Wildman–Crippen MR) is 117 cm³/mol. The van der Waals surface area contributed by atoms with Crippen molar-refractivity contribution in [1.82, 2.24) is 0 Å². The first-order valence-corrected chi connectivity index (χ1v) is 13.8. The van der Waals surface area contributed by atoms with Gasteiger partial charge in [-0.15, -0.1) is 0 Å². The fourth-order valence-electron chi connectivity index (χ4n) is 6.09. The number of hydrogen-bond donors (Lipinski definition) is 1. The van der Waals surface area contributed by atoms with Crippen LogP contribution in [0.5, 0.6) is 0 Å². The van der Waals surface area contributed by atoms with Crippen molar-refractivity contribution in [2.75, 3.05) is 14.2 Å². The molecule has 3 rings (SSSR count). The molecule has 0 aromatic carbocycles. The van der Waals surface area contributed by atoms with E-state index in [4.69, 9.17) is 18.6 Å². The summed E-state index contributed by atoms with van der Waals surface area (Å²) in [4.78, 5) is 0. The lowest BCUT2D eigenvalue weighted by atomic mass is 9.50. The second kappa shape index (κ2) is 6.88.